The van der Waals surface area contributed by atoms with E-state index in [1.165, 1.54) is 24.3 Å². The lowest BCUT2D eigenvalue weighted by atomic mass is 10.0. The number of nitro benzene ring substituents is 1. The van der Waals surface area contributed by atoms with Crippen LogP contribution in [0.1, 0.15) is 30.9 Å². The highest BCUT2D eigenvalue weighted by Gasteiger charge is 2.29. The van der Waals surface area contributed by atoms with Gasteiger partial charge in [-0.3, -0.25) is 15.0 Å². The molecule has 8 nitrogen and oxygen atoms in total. The lowest BCUT2D eigenvalue weighted by molar-refractivity contribution is -0.387. The summed E-state index contributed by atoms with van der Waals surface area (Å²) in [5, 5.41) is 11.2. The smallest absolute Gasteiger partial charge is 0.289 e. The van der Waals surface area contributed by atoms with Crippen molar-refractivity contribution in [3.05, 3.63) is 64.2 Å². The highest BCUT2D eigenvalue weighted by molar-refractivity contribution is 7.89. The van der Waals surface area contributed by atoms with Gasteiger partial charge in [0, 0.05) is 18.2 Å². The Morgan fingerprint density at radius 2 is 1.76 bits per heavy atom. The summed E-state index contributed by atoms with van der Waals surface area (Å²) in [4.78, 5) is 12.5. The number of methoxy groups -OCH3 is 1. The van der Waals surface area contributed by atoms with Crippen molar-refractivity contribution in [3.8, 4) is 5.75 Å². The van der Waals surface area contributed by atoms with Crippen LogP contribution >= 0.6 is 0 Å². The minimum absolute atomic E-state index is 0.0920. The summed E-state index contributed by atoms with van der Waals surface area (Å²) in [6.45, 7) is 1.81. The number of hydrogen-bond donors (Lipinski definition) is 1. The Kier molecular flexibility index (Phi) is 6.83. The third-order valence-electron chi connectivity index (χ3n) is 5.15. The van der Waals surface area contributed by atoms with E-state index in [-0.39, 0.29) is 17.5 Å². The molecule has 1 fully saturated rings. The summed E-state index contributed by atoms with van der Waals surface area (Å²) in [7, 11) is -2.47. The molecule has 1 unspecified atom stereocenters. The van der Waals surface area contributed by atoms with Gasteiger partial charge in [0.25, 0.3) is 5.69 Å². The standard InChI is InChI=1S/C20H25N3O5S/c1-28-19-11-5-3-9-16(19)18(22-13-7-2-8-14-22)15-21-29(26,27)20-12-6-4-10-17(20)23(24)25/h3-6,9-12,18,21H,2,7-8,13-15H2,1H3. The van der Waals surface area contributed by atoms with Crippen molar-refractivity contribution in [2.45, 2.75) is 30.2 Å². The molecule has 1 N–H and O–H groups in total. The van der Waals surface area contributed by atoms with E-state index < -0.39 is 20.6 Å². The van der Waals surface area contributed by atoms with Gasteiger partial charge in [0.1, 0.15) is 5.75 Å². The van der Waals surface area contributed by atoms with Gasteiger partial charge in [-0.25, -0.2) is 13.1 Å². The summed E-state index contributed by atoms with van der Waals surface area (Å²) in [6, 6.07) is 12.7. The summed E-state index contributed by atoms with van der Waals surface area (Å²) in [5.41, 5.74) is 0.453. The molecule has 3 rings (SSSR count). The first-order chi connectivity index (χ1) is 13.9. The van der Waals surface area contributed by atoms with Crippen molar-refractivity contribution in [2.24, 2.45) is 0 Å². The van der Waals surface area contributed by atoms with Crippen LogP contribution in [0.4, 0.5) is 5.69 Å². The Labute approximate surface area is 170 Å². The number of ether oxygens (including phenoxy) is 1. The summed E-state index contributed by atoms with van der Waals surface area (Å²) in [6.07, 6.45) is 3.24. The number of para-hydroxylation sites is 2. The molecule has 1 heterocycles. The zero-order chi connectivity index (χ0) is 20.9. The first-order valence-electron chi connectivity index (χ1n) is 9.54. The molecule has 0 amide bonds. The third-order valence-corrected chi connectivity index (χ3v) is 6.62. The molecule has 2 aromatic carbocycles. The van der Waals surface area contributed by atoms with Gasteiger partial charge >= 0.3 is 0 Å². The van der Waals surface area contributed by atoms with Gasteiger partial charge in [0.15, 0.2) is 4.90 Å². The van der Waals surface area contributed by atoms with Gasteiger partial charge in [0.05, 0.1) is 18.1 Å². The van der Waals surface area contributed by atoms with Crippen LogP contribution in [-0.4, -0.2) is 45.0 Å². The van der Waals surface area contributed by atoms with Crippen LogP contribution in [0.2, 0.25) is 0 Å². The molecule has 0 aromatic heterocycles. The van der Waals surface area contributed by atoms with E-state index in [4.69, 9.17) is 4.74 Å². The normalized spacial score (nSPS) is 16.3. The SMILES string of the molecule is COc1ccccc1C(CNS(=O)(=O)c1ccccc1[N+](=O)[O-])N1CCCCC1. The van der Waals surface area contributed by atoms with Gasteiger partial charge in [-0.05, 0) is 38.1 Å². The molecule has 29 heavy (non-hydrogen) atoms. The largest absolute Gasteiger partial charge is 0.496 e. The molecule has 0 radical (unpaired) electrons. The number of hydrogen-bond acceptors (Lipinski definition) is 6. The molecule has 0 spiro atoms. The van der Waals surface area contributed by atoms with Crippen LogP contribution in [0.3, 0.4) is 0 Å². The Balaban J connectivity index is 1.89. The molecule has 156 valence electrons. The van der Waals surface area contributed by atoms with E-state index >= 15 is 0 Å². The van der Waals surface area contributed by atoms with Crippen LogP contribution in [0.15, 0.2) is 53.4 Å². The van der Waals surface area contributed by atoms with Crippen molar-refractivity contribution in [1.29, 1.82) is 0 Å². The molecule has 1 saturated heterocycles. The molecule has 0 aliphatic carbocycles. The first-order valence-corrected chi connectivity index (χ1v) is 11.0. The monoisotopic (exact) mass is 419 g/mol. The highest BCUT2D eigenvalue weighted by atomic mass is 32.2. The van der Waals surface area contributed by atoms with Crippen LogP contribution in [0.25, 0.3) is 0 Å². The molecular formula is C20H25N3O5S. The number of sulfonamides is 1. The number of nitrogens with zero attached hydrogens (tertiary/aromatic N) is 2. The van der Waals surface area contributed by atoms with Crippen molar-refractivity contribution in [2.75, 3.05) is 26.7 Å². The second-order valence-electron chi connectivity index (χ2n) is 6.93. The molecule has 9 heteroatoms. The fourth-order valence-electron chi connectivity index (χ4n) is 3.71. The predicted molar refractivity (Wildman–Crippen MR) is 109 cm³/mol. The minimum atomic E-state index is -4.06. The van der Waals surface area contributed by atoms with Crippen molar-refractivity contribution in [3.63, 3.8) is 0 Å². The average Bonchev–Trinajstić information content (AvgIpc) is 2.75. The third kappa shape index (κ3) is 4.92. The highest BCUT2D eigenvalue weighted by Crippen LogP contribution is 2.31. The molecular weight excluding hydrogens is 394 g/mol. The maximum Gasteiger partial charge on any atom is 0.289 e. The maximum absolute atomic E-state index is 12.9. The van der Waals surface area contributed by atoms with Crippen LogP contribution in [0.5, 0.6) is 5.75 Å². The van der Waals surface area contributed by atoms with Crippen molar-refractivity contribution in [1.82, 2.24) is 9.62 Å². The summed E-state index contributed by atoms with van der Waals surface area (Å²) >= 11 is 0. The molecule has 0 bridgehead atoms. The van der Waals surface area contributed by atoms with E-state index in [1.807, 2.05) is 24.3 Å². The second-order valence-corrected chi connectivity index (χ2v) is 8.67. The zero-order valence-corrected chi connectivity index (χ0v) is 17.1. The van der Waals surface area contributed by atoms with Crippen molar-refractivity contribution < 1.29 is 18.1 Å². The van der Waals surface area contributed by atoms with Gasteiger partial charge in [-0.2, -0.15) is 0 Å². The van der Waals surface area contributed by atoms with Gasteiger partial charge in [-0.15, -0.1) is 0 Å². The Hall–Kier alpha value is -2.49. The number of likely N-dealkylation sites (tertiary alicyclic amines) is 1. The second kappa shape index (κ2) is 9.34. The number of nitro groups is 1. The molecule has 2 aromatic rings. The number of piperidine rings is 1. The fraction of sp³-hybridized carbons (Fsp3) is 0.400. The van der Waals surface area contributed by atoms with Crippen LogP contribution in [-0.2, 0) is 10.0 Å². The molecule has 1 atom stereocenters. The maximum atomic E-state index is 12.9. The number of benzene rings is 2. The van der Waals surface area contributed by atoms with Crippen LogP contribution < -0.4 is 9.46 Å². The van der Waals surface area contributed by atoms with E-state index in [0.29, 0.717) is 5.75 Å². The lowest BCUT2D eigenvalue weighted by Crippen LogP contribution is -2.40. The van der Waals surface area contributed by atoms with Gasteiger partial charge in [-0.1, -0.05) is 36.8 Å². The first kappa shape index (κ1) is 21.2. The molecule has 1 aliphatic rings. The average molecular weight is 420 g/mol. The molecule has 1 aliphatic heterocycles. The quantitative estimate of drug-likeness (QED) is 0.521. The van der Waals surface area contributed by atoms with E-state index in [0.717, 1.165) is 37.9 Å². The fourth-order valence-corrected chi connectivity index (χ4v) is 4.92. The Bertz CT molecular complexity index is 958. The lowest BCUT2D eigenvalue weighted by Gasteiger charge is -2.35. The topological polar surface area (TPSA) is 102 Å². The number of rotatable bonds is 8. The Morgan fingerprint density at radius 1 is 1.10 bits per heavy atom. The Morgan fingerprint density at radius 3 is 2.45 bits per heavy atom. The summed E-state index contributed by atoms with van der Waals surface area (Å²) in [5.74, 6) is 0.688. The van der Waals surface area contributed by atoms with E-state index in [1.54, 1.807) is 7.11 Å². The number of nitrogens with one attached hydrogen (secondary N) is 1. The summed E-state index contributed by atoms with van der Waals surface area (Å²) < 4.78 is 33.8. The van der Waals surface area contributed by atoms with Crippen molar-refractivity contribution >= 4 is 15.7 Å². The molecule has 0 saturated carbocycles. The van der Waals surface area contributed by atoms with Gasteiger partial charge in [0.2, 0.25) is 10.0 Å². The van der Waals surface area contributed by atoms with Crippen LogP contribution in [0, 0.1) is 10.1 Å². The predicted octanol–water partition coefficient (Wildman–Crippen LogP) is 3.11. The van der Waals surface area contributed by atoms with Gasteiger partial charge < -0.3 is 4.74 Å². The van der Waals surface area contributed by atoms with E-state index in [2.05, 4.69) is 9.62 Å². The van der Waals surface area contributed by atoms with E-state index in [9.17, 15) is 18.5 Å². The zero-order valence-electron chi connectivity index (χ0n) is 16.3. The minimum Gasteiger partial charge on any atom is -0.496 e.